The zero-order valence-corrected chi connectivity index (χ0v) is 33.1. The molecule has 0 aliphatic carbocycles. The van der Waals surface area contributed by atoms with Crippen LogP contribution in [-0.2, 0) is 0 Å². The summed E-state index contributed by atoms with van der Waals surface area (Å²) in [5, 5.41) is 2.91. The molecular weight excluding hydrogens is 845 g/mol. The molecule has 4 aromatic carbocycles. The van der Waals surface area contributed by atoms with Gasteiger partial charge >= 0.3 is 12.1 Å². The summed E-state index contributed by atoms with van der Waals surface area (Å²) >= 11 is 25.1. The van der Waals surface area contributed by atoms with Crippen molar-refractivity contribution in [2.24, 2.45) is 20.9 Å². The minimum Gasteiger partial charge on any atom is -0.354 e. The molecular formula is C46H25Cl4F5N4. The fourth-order valence-electron chi connectivity index (χ4n) is 7.59. The van der Waals surface area contributed by atoms with E-state index in [-0.39, 0.29) is 28.1 Å². The van der Waals surface area contributed by atoms with Crippen LogP contribution in [0.1, 0.15) is 22.3 Å². The van der Waals surface area contributed by atoms with Crippen LogP contribution in [0.2, 0.25) is 20.1 Å². The molecule has 0 amide bonds. The normalized spacial score (nSPS) is 17.8. The molecule has 0 spiro atoms. The molecule has 59 heavy (non-hydrogen) atoms. The molecule has 1 N–H and O–H groups in total. The monoisotopic (exact) mass is 868 g/mol. The van der Waals surface area contributed by atoms with Gasteiger partial charge in [-0.25, -0.2) is 9.98 Å². The van der Waals surface area contributed by atoms with Gasteiger partial charge in [-0.3, -0.25) is 4.99 Å². The molecule has 292 valence electrons. The van der Waals surface area contributed by atoms with Crippen LogP contribution in [0.4, 0.5) is 22.0 Å². The van der Waals surface area contributed by atoms with Gasteiger partial charge in [0.05, 0.1) is 28.5 Å². The fourth-order valence-corrected chi connectivity index (χ4v) is 8.09. The van der Waals surface area contributed by atoms with E-state index in [9.17, 15) is 13.2 Å². The first-order chi connectivity index (χ1) is 28.3. The zero-order chi connectivity index (χ0) is 41.2. The molecule has 13 heteroatoms. The van der Waals surface area contributed by atoms with E-state index in [2.05, 4.69) is 9.98 Å². The highest BCUT2D eigenvalue weighted by atomic mass is 35.5. The number of aromatic amines is 1. The first-order valence-electron chi connectivity index (χ1n) is 18.0. The number of allylic oxidation sites excluding steroid dienone is 7. The van der Waals surface area contributed by atoms with Gasteiger partial charge in [-0.2, -0.15) is 22.0 Å². The first kappa shape index (κ1) is 38.9. The molecule has 9 rings (SSSR count). The second-order valence-corrected chi connectivity index (χ2v) is 15.6. The highest BCUT2D eigenvalue weighted by Gasteiger charge is 2.66. The standard InChI is InChI=1S/C46H25Cl4F5N4/c47-28-9-1-24(2-10-28)39-32-23-56-44(43(32)45(51,52)46(53,54)55)42(27-7-15-31(50)16-8-27)38-22-21-37(59-38)41(26-5-13-30(49)14-6-26)36-20-19-35(58-36)40(34-18-17-33(39)57-34)25-3-11-29(48)12-4-25/h1-23,43,58H. The Balaban J connectivity index is 1.44. The van der Waals surface area contributed by atoms with E-state index in [1.807, 2.05) is 36.4 Å². The smallest absolute Gasteiger partial charge is 0.354 e. The van der Waals surface area contributed by atoms with Crippen molar-refractivity contribution in [3.05, 3.63) is 210 Å². The van der Waals surface area contributed by atoms with Crippen LogP contribution in [0.3, 0.4) is 0 Å². The summed E-state index contributed by atoms with van der Waals surface area (Å²) in [5.41, 5.74) is 3.29. The lowest BCUT2D eigenvalue weighted by Gasteiger charge is -2.31. The van der Waals surface area contributed by atoms with E-state index >= 15 is 8.78 Å². The molecule has 4 nitrogen and oxygen atoms in total. The van der Waals surface area contributed by atoms with Gasteiger partial charge in [0.15, 0.2) is 0 Å². The predicted molar refractivity (Wildman–Crippen MR) is 228 cm³/mol. The molecule has 0 saturated carbocycles. The number of nitrogens with one attached hydrogen (secondary N) is 1. The summed E-state index contributed by atoms with van der Waals surface area (Å²) in [4.78, 5) is 18.0. The van der Waals surface area contributed by atoms with Gasteiger partial charge in [0.1, 0.15) is 5.92 Å². The van der Waals surface area contributed by atoms with E-state index < -0.39 is 29.3 Å². The van der Waals surface area contributed by atoms with Crippen molar-refractivity contribution in [1.82, 2.24) is 4.98 Å². The quantitative estimate of drug-likeness (QED) is 0.171. The van der Waals surface area contributed by atoms with Crippen LogP contribution in [0.15, 0.2) is 172 Å². The Labute approximate surface area is 353 Å². The fraction of sp³-hybridized carbons (Fsp3) is 0.0652. The SMILES string of the molecule is FC(F)(F)C(F)(F)C1C2=CN=C1C(c1ccc(Cl)cc1)=C1C=CC(=N1)C(c1ccc(Cl)cc1)=c1ccc([nH]1)=C(c1ccc(Cl)cc1)C1=NC(=C2c2ccc(Cl)cc2)C=C1. The lowest BCUT2D eigenvalue weighted by Crippen LogP contribution is -2.47. The van der Waals surface area contributed by atoms with E-state index in [0.29, 0.717) is 70.0 Å². The summed E-state index contributed by atoms with van der Waals surface area (Å²) in [5.74, 6) is -7.98. The Hall–Kier alpha value is -5.58. The highest BCUT2D eigenvalue weighted by molar-refractivity contribution is 6.36. The third-order valence-electron chi connectivity index (χ3n) is 10.3. The van der Waals surface area contributed by atoms with Crippen molar-refractivity contribution in [1.29, 1.82) is 0 Å². The van der Waals surface area contributed by atoms with Gasteiger partial charge in [-0.05, 0) is 113 Å². The summed E-state index contributed by atoms with van der Waals surface area (Å²) < 4.78 is 77.9. The number of hydrogen-bond acceptors (Lipinski definition) is 3. The molecule has 1 aromatic heterocycles. The topological polar surface area (TPSA) is 52.9 Å². The molecule has 4 aliphatic rings. The number of alkyl halides is 5. The minimum absolute atomic E-state index is 0.0142. The highest BCUT2D eigenvalue weighted by Crippen LogP contribution is 2.53. The number of aliphatic imine (C=N–C) groups is 3. The van der Waals surface area contributed by atoms with E-state index in [1.54, 1.807) is 60.7 Å². The Kier molecular flexibility index (Phi) is 9.83. The number of H-pyrrole nitrogens is 1. The minimum atomic E-state index is -6.00. The average Bonchev–Trinajstić information content (AvgIpc) is 4.04. The van der Waals surface area contributed by atoms with Crippen molar-refractivity contribution >= 4 is 85.8 Å². The van der Waals surface area contributed by atoms with Gasteiger partial charge in [0, 0.05) is 59.3 Å². The van der Waals surface area contributed by atoms with E-state index in [4.69, 9.17) is 56.4 Å². The van der Waals surface area contributed by atoms with Crippen LogP contribution in [-0.4, -0.2) is 34.2 Å². The maximum Gasteiger partial charge on any atom is 0.454 e. The van der Waals surface area contributed by atoms with Gasteiger partial charge in [-0.15, -0.1) is 0 Å². The molecule has 0 radical (unpaired) electrons. The van der Waals surface area contributed by atoms with Gasteiger partial charge < -0.3 is 4.98 Å². The number of nitrogens with zero attached hydrogens (tertiary/aromatic N) is 3. The summed E-state index contributed by atoms with van der Waals surface area (Å²) in [6.07, 6.45) is 1.64. The number of halogens is 9. The molecule has 8 bridgehead atoms. The van der Waals surface area contributed by atoms with Crippen LogP contribution < -0.4 is 10.7 Å². The molecule has 5 aromatic rings. The van der Waals surface area contributed by atoms with Crippen molar-refractivity contribution in [3.63, 3.8) is 0 Å². The molecule has 5 heterocycles. The lowest BCUT2D eigenvalue weighted by molar-refractivity contribution is -0.289. The van der Waals surface area contributed by atoms with Gasteiger partial charge in [-0.1, -0.05) is 94.9 Å². The van der Waals surface area contributed by atoms with Crippen molar-refractivity contribution in [3.8, 4) is 0 Å². The Morgan fingerprint density at radius 2 is 0.831 bits per heavy atom. The lowest BCUT2D eigenvalue weighted by atomic mass is 9.78. The van der Waals surface area contributed by atoms with Gasteiger partial charge in [0.2, 0.25) is 0 Å². The van der Waals surface area contributed by atoms with E-state index in [1.165, 1.54) is 36.4 Å². The number of hydrogen-bond donors (Lipinski definition) is 1. The second kappa shape index (κ2) is 14.9. The molecule has 1 atom stereocenters. The summed E-state index contributed by atoms with van der Waals surface area (Å²) in [6.45, 7) is 0. The van der Waals surface area contributed by atoms with Crippen LogP contribution in [0.5, 0.6) is 0 Å². The second-order valence-electron chi connectivity index (χ2n) is 13.9. The Morgan fingerprint density at radius 1 is 0.458 bits per heavy atom. The number of fused-ring (bicyclic) bond motifs is 6. The Morgan fingerprint density at radius 3 is 1.24 bits per heavy atom. The first-order valence-corrected chi connectivity index (χ1v) is 19.5. The summed E-state index contributed by atoms with van der Waals surface area (Å²) in [6, 6.07) is 30.2. The van der Waals surface area contributed by atoms with Crippen LogP contribution in [0.25, 0.3) is 22.3 Å². The largest absolute Gasteiger partial charge is 0.454 e. The van der Waals surface area contributed by atoms with Crippen molar-refractivity contribution in [2.75, 3.05) is 0 Å². The van der Waals surface area contributed by atoms with Crippen molar-refractivity contribution < 1.29 is 22.0 Å². The Bertz CT molecular complexity index is 2760. The molecule has 1 unspecified atom stereocenters. The number of rotatable bonds is 5. The summed E-state index contributed by atoms with van der Waals surface area (Å²) in [7, 11) is 0. The van der Waals surface area contributed by atoms with Crippen LogP contribution in [0, 0.1) is 5.92 Å². The van der Waals surface area contributed by atoms with Gasteiger partial charge in [0.25, 0.3) is 0 Å². The maximum atomic E-state index is 16.6. The predicted octanol–water partition coefficient (Wildman–Crippen LogP) is 12.0. The third kappa shape index (κ3) is 7.06. The molecule has 0 fully saturated rings. The number of aromatic nitrogens is 1. The number of benzene rings is 4. The maximum absolute atomic E-state index is 16.6. The zero-order valence-electron chi connectivity index (χ0n) is 30.1. The molecule has 4 aliphatic heterocycles. The van der Waals surface area contributed by atoms with Crippen molar-refractivity contribution in [2.45, 2.75) is 12.1 Å². The average molecular weight is 871 g/mol. The third-order valence-corrected chi connectivity index (χ3v) is 11.3. The molecule has 0 saturated heterocycles. The van der Waals surface area contributed by atoms with E-state index in [0.717, 1.165) is 6.20 Å². The van der Waals surface area contributed by atoms with Crippen LogP contribution >= 0.6 is 46.4 Å².